The van der Waals surface area contributed by atoms with Crippen LogP contribution in [0.25, 0.3) is 0 Å². The molecule has 0 bridgehead atoms. The van der Waals surface area contributed by atoms with Gasteiger partial charge in [0.1, 0.15) is 0 Å². The first-order valence-electron chi connectivity index (χ1n) is 10.1. The highest BCUT2D eigenvalue weighted by molar-refractivity contribution is 5.88. The molecule has 160 valence electrons. The van der Waals surface area contributed by atoms with Crippen LogP contribution in [0, 0.1) is 5.92 Å². The van der Waals surface area contributed by atoms with Crippen LogP contribution in [0.2, 0.25) is 0 Å². The number of hydrogen-bond donors (Lipinski definition) is 2. The molecule has 2 aliphatic rings. The monoisotopic (exact) mass is 412 g/mol. The van der Waals surface area contributed by atoms with Gasteiger partial charge in [0.25, 0.3) is 0 Å². The lowest BCUT2D eigenvalue weighted by Gasteiger charge is -2.36. The zero-order chi connectivity index (χ0) is 20.9. The molecule has 1 heterocycles. The van der Waals surface area contributed by atoms with Gasteiger partial charge in [0.2, 0.25) is 11.8 Å². The maximum absolute atomic E-state index is 13.1. The Balaban J connectivity index is 1.65. The van der Waals surface area contributed by atoms with Gasteiger partial charge in [-0.15, -0.1) is 0 Å². The molecule has 3 rings (SSSR count). The number of carbonyl (C=O) groups excluding carboxylic acids is 2. The molecule has 5 nitrogen and oxygen atoms in total. The van der Waals surface area contributed by atoms with Gasteiger partial charge >= 0.3 is 6.18 Å². The van der Waals surface area contributed by atoms with E-state index in [1.165, 1.54) is 6.07 Å². The van der Waals surface area contributed by atoms with E-state index in [2.05, 4.69) is 10.6 Å². The van der Waals surface area contributed by atoms with E-state index in [4.69, 9.17) is 4.74 Å². The Bertz CT molecular complexity index is 724. The van der Waals surface area contributed by atoms with Gasteiger partial charge in [-0.2, -0.15) is 13.2 Å². The summed E-state index contributed by atoms with van der Waals surface area (Å²) in [6, 6.07) is 4.98. The van der Waals surface area contributed by atoms with Gasteiger partial charge in [-0.05, 0) is 37.3 Å². The van der Waals surface area contributed by atoms with Crippen molar-refractivity contribution in [3.8, 4) is 0 Å². The maximum Gasteiger partial charge on any atom is 0.416 e. The quantitative estimate of drug-likeness (QED) is 0.706. The lowest BCUT2D eigenvalue weighted by molar-refractivity contribution is -0.138. The van der Waals surface area contributed by atoms with E-state index in [-0.39, 0.29) is 24.3 Å². The third-order valence-corrected chi connectivity index (χ3v) is 5.96. The second-order valence-electron chi connectivity index (χ2n) is 7.80. The van der Waals surface area contributed by atoms with Crippen LogP contribution in [0.1, 0.15) is 49.7 Å². The number of alkyl halides is 3. The first-order chi connectivity index (χ1) is 13.8. The highest BCUT2D eigenvalue weighted by Gasteiger charge is 2.43. The average molecular weight is 412 g/mol. The van der Waals surface area contributed by atoms with Crippen molar-refractivity contribution in [3.63, 3.8) is 0 Å². The number of carbonyl (C=O) groups is 2. The standard InChI is InChI=1S/C21H27F3N2O3/c22-21(23,24)17-7-3-6-16(14-17)20(8-12-29-13-9-20)19(28)26-11-10-25-18(27)15-4-1-2-5-15/h3,6-7,14-15H,1-2,4-5,8-13H2,(H,25,27)(H,26,28). The molecule has 1 aromatic carbocycles. The Hall–Kier alpha value is -2.09. The summed E-state index contributed by atoms with van der Waals surface area (Å²) >= 11 is 0. The summed E-state index contributed by atoms with van der Waals surface area (Å²) in [6.07, 6.45) is 0.0903. The molecule has 0 radical (unpaired) electrons. The molecule has 2 fully saturated rings. The van der Waals surface area contributed by atoms with Crippen molar-refractivity contribution in [2.24, 2.45) is 5.92 Å². The molecule has 1 aromatic rings. The number of halogens is 3. The van der Waals surface area contributed by atoms with Crippen LogP contribution in [0.3, 0.4) is 0 Å². The fourth-order valence-corrected chi connectivity index (χ4v) is 4.22. The summed E-state index contributed by atoms with van der Waals surface area (Å²) in [5, 5.41) is 5.64. The summed E-state index contributed by atoms with van der Waals surface area (Å²) in [7, 11) is 0. The summed E-state index contributed by atoms with van der Waals surface area (Å²) in [4.78, 5) is 25.1. The van der Waals surface area contributed by atoms with Crippen LogP contribution in [-0.2, 0) is 25.9 Å². The Morgan fingerprint density at radius 1 is 1.07 bits per heavy atom. The molecule has 0 atom stereocenters. The number of nitrogens with one attached hydrogen (secondary N) is 2. The Morgan fingerprint density at radius 2 is 1.72 bits per heavy atom. The van der Waals surface area contributed by atoms with E-state index in [1.54, 1.807) is 6.07 Å². The van der Waals surface area contributed by atoms with Crippen LogP contribution < -0.4 is 10.6 Å². The van der Waals surface area contributed by atoms with Crippen molar-refractivity contribution in [2.75, 3.05) is 26.3 Å². The topological polar surface area (TPSA) is 67.4 Å². The van der Waals surface area contributed by atoms with E-state index in [0.29, 0.717) is 38.2 Å². The Kier molecular flexibility index (Phi) is 6.82. The summed E-state index contributed by atoms with van der Waals surface area (Å²) in [5.41, 5.74) is -1.48. The van der Waals surface area contributed by atoms with E-state index < -0.39 is 17.2 Å². The minimum absolute atomic E-state index is 0.00964. The predicted octanol–water partition coefficient (Wildman–Crippen LogP) is 3.18. The van der Waals surface area contributed by atoms with Crippen molar-refractivity contribution in [2.45, 2.75) is 50.1 Å². The molecule has 8 heteroatoms. The average Bonchev–Trinajstić information content (AvgIpc) is 3.26. The van der Waals surface area contributed by atoms with Crippen molar-refractivity contribution < 1.29 is 27.5 Å². The zero-order valence-corrected chi connectivity index (χ0v) is 16.3. The van der Waals surface area contributed by atoms with Gasteiger partial charge in [-0.25, -0.2) is 0 Å². The molecule has 0 aromatic heterocycles. The third-order valence-electron chi connectivity index (χ3n) is 5.96. The molecular weight excluding hydrogens is 385 g/mol. The summed E-state index contributed by atoms with van der Waals surface area (Å²) in [6.45, 7) is 1.15. The molecule has 1 aliphatic heterocycles. The fourth-order valence-electron chi connectivity index (χ4n) is 4.22. The van der Waals surface area contributed by atoms with E-state index >= 15 is 0 Å². The molecule has 29 heavy (non-hydrogen) atoms. The van der Waals surface area contributed by atoms with Gasteiger partial charge in [0.05, 0.1) is 11.0 Å². The lowest BCUT2D eigenvalue weighted by Crippen LogP contribution is -2.49. The Morgan fingerprint density at radius 3 is 2.38 bits per heavy atom. The van der Waals surface area contributed by atoms with E-state index in [0.717, 1.165) is 37.8 Å². The molecule has 0 unspecified atom stereocenters. The summed E-state index contributed by atoms with van der Waals surface area (Å²) in [5.74, 6) is -0.261. The van der Waals surface area contributed by atoms with Crippen LogP contribution in [0.4, 0.5) is 13.2 Å². The van der Waals surface area contributed by atoms with Crippen molar-refractivity contribution >= 4 is 11.8 Å². The number of hydrogen-bond acceptors (Lipinski definition) is 3. The highest BCUT2D eigenvalue weighted by Crippen LogP contribution is 2.38. The minimum Gasteiger partial charge on any atom is -0.381 e. The van der Waals surface area contributed by atoms with E-state index in [9.17, 15) is 22.8 Å². The number of ether oxygens (including phenoxy) is 1. The van der Waals surface area contributed by atoms with Gasteiger partial charge in [-0.1, -0.05) is 31.0 Å². The molecule has 2 amide bonds. The van der Waals surface area contributed by atoms with Gasteiger partial charge in [0, 0.05) is 32.2 Å². The van der Waals surface area contributed by atoms with Gasteiger partial charge < -0.3 is 15.4 Å². The predicted molar refractivity (Wildman–Crippen MR) is 101 cm³/mol. The zero-order valence-electron chi connectivity index (χ0n) is 16.3. The normalized spacial score (nSPS) is 19.7. The highest BCUT2D eigenvalue weighted by atomic mass is 19.4. The largest absolute Gasteiger partial charge is 0.416 e. The first-order valence-corrected chi connectivity index (χ1v) is 10.1. The van der Waals surface area contributed by atoms with Crippen LogP contribution in [0.5, 0.6) is 0 Å². The molecule has 1 aliphatic carbocycles. The molecule has 1 saturated carbocycles. The molecular formula is C21H27F3N2O3. The lowest BCUT2D eigenvalue weighted by atomic mass is 9.73. The van der Waals surface area contributed by atoms with Crippen molar-refractivity contribution in [1.82, 2.24) is 10.6 Å². The third kappa shape index (κ3) is 5.10. The van der Waals surface area contributed by atoms with E-state index in [1.807, 2.05) is 0 Å². The van der Waals surface area contributed by atoms with Crippen molar-refractivity contribution in [3.05, 3.63) is 35.4 Å². The minimum atomic E-state index is -4.47. The van der Waals surface area contributed by atoms with Gasteiger partial charge in [0.15, 0.2) is 0 Å². The molecule has 2 N–H and O–H groups in total. The van der Waals surface area contributed by atoms with Crippen molar-refractivity contribution in [1.29, 1.82) is 0 Å². The maximum atomic E-state index is 13.1. The smallest absolute Gasteiger partial charge is 0.381 e. The first kappa shape index (κ1) is 21.6. The second-order valence-corrected chi connectivity index (χ2v) is 7.80. The van der Waals surface area contributed by atoms with Gasteiger partial charge in [-0.3, -0.25) is 9.59 Å². The SMILES string of the molecule is O=C(NCCNC(=O)C1(c2cccc(C(F)(F)F)c2)CCOCC1)C1CCCC1. The Labute approximate surface area is 168 Å². The number of amides is 2. The van der Waals surface area contributed by atoms with Crippen LogP contribution >= 0.6 is 0 Å². The van der Waals surface area contributed by atoms with Crippen LogP contribution in [0.15, 0.2) is 24.3 Å². The molecule has 0 spiro atoms. The summed E-state index contributed by atoms with van der Waals surface area (Å²) < 4.78 is 44.8. The molecule has 1 saturated heterocycles. The number of rotatable bonds is 6. The number of benzene rings is 1. The fraction of sp³-hybridized carbons (Fsp3) is 0.619. The second kappa shape index (κ2) is 9.15. The van der Waals surface area contributed by atoms with Crippen LogP contribution in [-0.4, -0.2) is 38.1 Å².